The second kappa shape index (κ2) is 7.39. The molecule has 0 spiro atoms. The first-order valence-electron chi connectivity index (χ1n) is 9.91. The van der Waals surface area contributed by atoms with Gasteiger partial charge in [0, 0.05) is 23.2 Å². The first-order chi connectivity index (χ1) is 13.5. The van der Waals surface area contributed by atoms with Crippen molar-refractivity contribution in [1.29, 1.82) is 0 Å². The molecule has 1 saturated carbocycles. The highest BCUT2D eigenvalue weighted by Crippen LogP contribution is 2.34. The van der Waals surface area contributed by atoms with E-state index in [2.05, 4.69) is 30.1 Å². The number of benzene rings is 1. The van der Waals surface area contributed by atoms with Crippen LogP contribution in [0, 0.1) is 13.8 Å². The molecule has 0 bridgehead atoms. The van der Waals surface area contributed by atoms with E-state index < -0.39 is 5.54 Å². The molecule has 0 aliphatic heterocycles. The highest BCUT2D eigenvalue weighted by Gasteiger charge is 2.35. The summed E-state index contributed by atoms with van der Waals surface area (Å²) in [5, 5.41) is 9.96. The maximum absolute atomic E-state index is 6.44. The van der Waals surface area contributed by atoms with Gasteiger partial charge in [-0.2, -0.15) is 10.1 Å². The SMILES string of the molecule is Cc1nc2c3ccccc3nn2c(C)c1CCc1nc(C2(N)CCCC2)no1.Cl. The van der Waals surface area contributed by atoms with Crippen molar-refractivity contribution in [2.45, 2.75) is 57.9 Å². The molecule has 2 N–H and O–H groups in total. The molecule has 4 aromatic rings. The van der Waals surface area contributed by atoms with Crippen LogP contribution in [0.5, 0.6) is 0 Å². The quantitative estimate of drug-likeness (QED) is 0.547. The molecule has 0 saturated heterocycles. The molecule has 8 heteroatoms. The zero-order valence-corrected chi connectivity index (χ0v) is 17.5. The minimum atomic E-state index is -0.413. The van der Waals surface area contributed by atoms with Gasteiger partial charge >= 0.3 is 0 Å². The van der Waals surface area contributed by atoms with Crippen molar-refractivity contribution in [3.05, 3.63) is 52.9 Å². The number of aryl methyl sites for hydroxylation is 3. The number of hydrogen-bond acceptors (Lipinski definition) is 6. The Bertz CT molecular complexity index is 1170. The van der Waals surface area contributed by atoms with E-state index in [4.69, 9.17) is 20.3 Å². The van der Waals surface area contributed by atoms with Crippen molar-refractivity contribution in [3.8, 4) is 0 Å². The zero-order chi connectivity index (χ0) is 19.3. The molecule has 0 atom stereocenters. The van der Waals surface area contributed by atoms with Gasteiger partial charge in [0.2, 0.25) is 5.89 Å². The summed E-state index contributed by atoms with van der Waals surface area (Å²) in [6, 6.07) is 8.10. The van der Waals surface area contributed by atoms with Gasteiger partial charge in [0.05, 0.1) is 11.1 Å². The molecule has 7 nitrogen and oxygen atoms in total. The van der Waals surface area contributed by atoms with E-state index >= 15 is 0 Å². The number of halogens is 1. The van der Waals surface area contributed by atoms with Crippen LogP contribution in [0.4, 0.5) is 0 Å². The van der Waals surface area contributed by atoms with E-state index in [9.17, 15) is 0 Å². The Labute approximate surface area is 175 Å². The van der Waals surface area contributed by atoms with Gasteiger partial charge < -0.3 is 10.3 Å². The van der Waals surface area contributed by atoms with Crippen LogP contribution in [0.1, 0.15) is 54.3 Å². The summed E-state index contributed by atoms with van der Waals surface area (Å²) in [5.41, 5.74) is 11.2. The number of fused-ring (bicyclic) bond motifs is 3. The summed E-state index contributed by atoms with van der Waals surface area (Å²) in [7, 11) is 0. The Balaban J connectivity index is 0.00000205. The fourth-order valence-corrected chi connectivity index (χ4v) is 4.36. The third-order valence-electron chi connectivity index (χ3n) is 6.02. The molecular weight excluding hydrogens is 388 g/mol. The molecule has 1 fully saturated rings. The Hall–Kier alpha value is -2.51. The fraction of sp³-hybridized carbons (Fsp3) is 0.429. The lowest BCUT2D eigenvalue weighted by Crippen LogP contribution is -2.34. The first-order valence-corrected chi connectivity index (χ1v) is 9.91. The summed E-state index contributed by atoms with van der Waals surface area (Å²) in [6.07, 6.45) is 5.55. The smallest absolute Gasteiger partial charge is 0.227 e. The predicted molar refractivity (Wildman–Crippen MR) is 113 cm³/mol. The van der Waals surface area contributed by atoms with E-state index in [1.54, 1.807) is 0 Å². The van der Waals surface area contributed by atoms with Crippen LogP contribution in [0.25, 0.3) is 16.6 Å². The van der Waals surface area contributed by atoms with Crippen molar-refractivity contribution in [3.63, 3.8) is 0 Å². The second-order valence-electron chi connectivity index (χ2n) is 7.89. The third-order valence-corrected chi connectivity index (χ3v) is 6.02. The molecule has 152 valence electrons. The van der Waals surface area contributed by atoms with Crippen molar-refractivity contribution < 1.29 is 4.52 Å². The zero-order valence-electron chi connectivity index (χ0n) is 16.7. The molecule has 3 aromatic heterocycles. The van der Waals surface area contributed by atoms with Crippen molar-refractivity contribution in [2.75, 3.05) is 0 Å². The first kappa shape index (κ1) is 19.8. The van der Waals surface area contributed by atoms with E-state index in [1.807, 2.05) is 22.7 Å². The fourth-order valence-electron chi connectivity index (χ4n) is 4.36. The highest BCUT2D eigenvalue weighted by atomic mass is 35.5. The van der Waals surface area contributed by atoms with E-state index in [-0.39, 0.29) is 12.4 Å². The molecular formula is C21H25ClN6O. The largest absolute Gasteiger partial charge is 0.339 e. The number of nitrogens with zero attached hydrogens (tertiary/aromatic N) is 5. The number of aromatic nitrogens is 5. The minimum Gasteiger partial charge on any atom is -0.339 e. The van der Waals surface area contributed by atoms with Crippen molar-refractivity contribution >= 4 is 29.0 Å². The van der Waals surface area contributed by atoms with E-state index in [0.717, 1.165) is 60.0 Å². The predicted octanol–water partition coefficient (Wildman–Crippen LogP) is 3.82. The molecule has 1 aliphatic rings. The van der Waals surface area contributed by atoms with Gasteiger partial charge in [-0.05, 0) is 50.8 Å². The van der Waals surface area contributed by atoms with Gasteiger partial charge in [-0.15, -0.1) is 12.4 Å². The number of nitrogens with two attached hydrogens (primary N) is 1. The normalized spacial score (nSPS) is 15.8. The maximum atomic E-state index is 6.44. The lowest BCUT2D eigenvalue weighted by molar-refractivity contribution is 0.348. The molecule has 0 amide bonds. The molecule has 29 heavy (non-hydrogen) atoms. The van der Waals surface area contributed by atoms with Crippen LogP contribution in [0.15, 0.2) is 28.8 Å². The minimum absolute atomic E-state index is 0. The Morgan fingerprint density at radius 1 is 1.10 bits per heavy atom. The monoisotopic (exact) mass is 412 g/mol. The summed E-state index contributed by atoms with van der Waals surface area (Å²) >= 11 is 0. The number of hydrogen-bond donors (Lipinski definition) is 1. The summed E-state index contributed by atoms with van der Waals surface area (Å²) < 4.78 is 7.44. The Morgan fingerprint density at radius 2 is 1.86 bits per heavy atom. The topological polar surface area (TPSA) is 95.1 Å². The lowest BCUT2D eigenvalue weighted by Gasteiger charge is -2.17. The Morgan fingerprint density at radius 3 is 2.66 bits per heavy atom. The van der Waals surface area contributed by atoms with Crippen LogP contribution < -0.4 is 5.73 Å². The van der Waals surface area contributed by atoms with Gasteiger partial charge in [-0.3, -0.25) is 0 Å². The van der Waals surface area contributed by atoms with Crippen molar-refractivity contribution in [2.24, 2.45) is 5.73 Å². The molecule has 1 aliphatic carbocycles. The molecule has 3 heterocycles. The van der Waals surface area contributed by atoms with Crippen LogP contribution in [-0.4, -0.2) is 24.7 Å². The molecule has 0 radical (unpaired) electrons. The van der Waals surface area contributed by atoms with Gasteiger partial charge in [0.1, 0.15) is 0 Å². The average Bonchev–Trinajstić information content (AvgIpc) is 3.41. The molecule has 5 rings (SSSR count). The summed E-state index contributed by atoms with van der Waals surface area (Å²) in [4.78, 5) is 9.42. The summed E-state index contributed by atoms with van der Waals surface area (Å²) in [5.74, 6) is 1.29. The van der Waals surface area contributed by atoms with Crippen LogP contribution >= 0.6 is 12.4 Å². The van der Waals surface area contributed by atoms with E-state index in [1.165, 1.54) is 5.56 Å². The average molecular weight is 413 g/mol. The van der Waals surface area contributed by atoms with E-state index in [0.29, 0.717) is 18.1 Å². The number of rotatable bonds is 4. The maximum Gasteiger partial charge on any atom is 0.227 e. The van der Waals surface area contributed by atoms with Crippen LogP contribution in [-0.2, 0) is 18.4 Å². The van der Waals surface area contributed by atoms with Gasteiger partial charge in [-0.1, -0.05) is 30.1 Å². The molecule has 0 unspecified atom stereocenters. The second-order valence-corrected chi connectivity index (χ2v) is 7.89. The molecule has 1 aromatic carbocycles. The third kappa shape index (κ3) is 3.28. The van der Waals surface area contributed by atoms with Crippen molar-refractivity contribution in [1.82, 2.24) is 24.7 Å². The highest BCUT2D eigenvalue weighted by molar-refractivity contribution is 5.92. The lowest BCUT2D eigenvalue weighted by atomic mass is 9.98. The standard InChI is InChI=1S/C21H24N6O.ClH/c1-13-15(9-10-18-24-20(26-28-18)21(22)11-5-6-12-21)14(2)27-19(23-13)16-7-3-4-8-17(16)25-27;/h3-4,7-8H,5-6,9-12,22H2,1-2H3;1H. The van der Waals surface area contributed by atoms with Gasteiger partial charge in [0.15, 0.2) is 11.5 Å². The van der Waals surface area contributed by atoms with Gasteiger partial charge in [-0.25, -0.2) is 9.50 Å². The van der Waals surface area contributed by atoms with Crippen LogP contribution in [0.3, 0.4) is 0 Å². The Kier molecular flexibility index (Phi) is 5.04. The van der Waals surface area contributed by atoms with Crippen LogP contribution in [0.2, 0.25) is 0 Å². The van der Waals surface area contributed by atoms with Gasteiger partial charge in [0.25, 0.3) is 0 Å². The summed E-state index contributed by atoms with van der Waals surface area (Å²) in [6.45, 7) is 4.15.